The SMILES string of the molecule is CC(C)OP(=O)(N=O)C(C)C. The summed E-state index contributed by atoms with van der Waals surface area (Å²) in [5, 5.41) is 0. The first-order valence-corrected chi connectivity index (χ1v) is 5.20. The van der Waals surface area contributed by atoms with E-state index in [1.54, 1.807) is 27.7 Å². The molecular weight excluding hydrogens is 165 g/mol. The van der Waals surface area contributed by atoms with Crippen molar-refractivity contribution in [3.05, 3.63) is 4.91 Å². The second-order valence-electron chi connectivity index (χ2n) is 2.89. The van der Waals surface area contributed by atoms with Crippen LogP contribution in [0.3, 0.4) is 0 Å². The van der Waals surface area contributed by atoms with Crippen molar-refractivity contribution in [2.45, 2.75) is 39.5 Å². The van der Waals surface area contributed by atoms with Gasteiger partial charge >= 0.3 is 7.52 Å². The van der Waals surface area contributed by atoms with Crippen LogP contribution in [0.1, 0.15) is 27.7 Å². The fourth-order valence-electron chi connectivity index (χ4n) is 0.537. The molecule has 0 bridgehead atoms. The molecule has 0 aliphatic carbocycles. The molecule has 5 heteroatoms. The average molecular weight is 179 g/mol. The maximum Gasteiger partial charge on any atom is 0.355 e. The predicted molar refractivity (Wildman–Crippen MR) is 44.8 cm³/mol. The van der Waals surface area contributed by atoms with Crippen LogP contribution in [0.2, 0.25) is 0 Å². The van der Waals surface area contributed by atoms with Crippen LogP contribution in [0.5, 0.6) is 0 Å². The summed E-state index contributed by atoms with van der Waals surface area (Å²) in [6.07, 6.45) is -0.221. The number of nitrogens with zero attached hydrogens (tertiary/aromatic N) is 1. The summed E-state index contributed by atoms with van der Waals surface area (Å²) in [5.74, 6) is 0. The molecule has 0 aliphatic heterocycles. The number of nitroso groups, excluding NO2 is 1. The molecule has 0 spiro atoms. The molecule has 0 radical (unpaired) electrons. The normalized spacial score (nSPS) is 16.9. The molecule has 66 valence electrons. The number of hydrogen-bond donors (Lipinski definition) is 0. The Hall–Kier alpha value is -0.210. The first kappa shape index (κ1) is 10.8. The molecule has 0 aromatic carbocycles. The van der Waals surface area contributed by atoms with Crippen molar-refractivity contribution in [1.29, 1.82) is 0 Å². The van der Waals surface area contributed by atoms with E-state index in [-0.39, 0.29) is 11.8 Å². The summed E-state index contributed by atoms with van der Waals surface area (Å²) in [6, 6.07) is 0. The van der Waals surface area contributed by atoms with Gasteiger partial charge in [0.25, 0.3) is 0 Å². The second-order valence-corrected chi connectivity index (χ2v) is 5.43. The number of hydrogen-bond acceptors (Lipinski definition) is 3. The lowest BCUT2D eigenvalue weighted by Gasteiger charge is -2.16. The van der Waals surface area contributed by atoms with Crippen LogP contribution in [-0.4, -0.2) is 11.8 Å². The zero-order chi connectivity index (χ0) is 9.07. The Morgan fingerprint density at radius 2 is 1.73 bits per heavy atom. The van der Waals surface area contributed by atoms with Gasteiger partial charge in [-0.3, -0.25) is 4.57 Å². The summed E-state index contributed by atoms with van der Waals surface area (Å²) in [6.45, 7) is 6.76. The molecule has 0 heterocycles. The summed E-state index contributed by atoms with van der Waals surface area (Å²) in [5.41, 5.74) is -0.331. The summed E-state index contributed by atoms with van der Waals surface area (Å²) in [7, 11) is -3.26. The zero-order valence-electron chi connectivity index (χ0n) is 7.27. The molecule has 11 heavy (non-hydrogen) atoms. The summed E-state index contributed by atoms with van der Waals surface area (Å²) < 4.78 is 16.3. The van der Waals surface area contributed by atoms with E-state index in [1.165, 1.54) is 0 Å². The Kier molecular flexibility index (Phi) is 3.90. The van der Waals surface area contributed by atoms with Crippen LogP contribution in [-0.2, 0) is 9.09 Å². The summed E-state index contributed by atoms with van der Waals surface area (Å²) >= 11 is 0. The van der Waals surface area contributed by atoms with Gasteiger partial charge in [0.05, 0.1) is 11.8 Å². The smallest absolute Gasteiger partial charge is 0.307 e. The first-order valence-electron chi connectivity index (χ1n) is 3.55. The molecule has 0 N–H and O–H groups in total. The molecule has 0 aromatic rings. The maximum atomic E-state index is 11.4. The standard InChI is InChI=1S/C6H14NO3P/c1-5(2)10-11(9,7-8)6(3)4/h5-6H,1-4H3. The minimum atomic E-state index is -3.26. The molecule has 0 rings (SSSR count). The largest absolute Gasteiger partial charge is 0.355 e. The molecule has 0 aliphatic rings. The van der Waals surface area contributed by atoms with Gasteiger partial charge in [0, 0.05) is 4.95 Å². The van der Waals surface area contributed by atoms with E-state index < -0.39 is 7.52 Å². The van der Waals surface area contributed by atoms with Crippen molar-refractivity contribution >= 4 is 7.52 Å². The Morgan fingerprint density at radius 1 is 1.27 bits per heavy atom. The van der Waals surface area contributed by atoms with E-state index in [1.807, 2.05) is 0 Å². The molecule has 1 atom stereocenters. The molecule has 1 unspecified atom stereocenters. The summed E-state index contributed by atoms with van der Waals surface area (Å²) in [4.78, 5) is 12.7. The van der Waals surface area contributed by atoms with Gasteiger partial charge in [0.1, 0.15) is 0 Å². The number of rotatable bonds is 4. The minimum absolute atomic E-state index is 0.221. The highest BCUT2D eigenvalue weighted by Gasteiger charge is 2.30. The van der Waals surface area contributed by atoms with Gasteiger partial charge in [-0.2, -0.15) is 0 Å². The van der Waals surface area contributed by atoms with Crippen LogP contribution in [0.4, 0.5) is 0 Å². The fraction of sp³-hybridized carbons (Fsp3) is 1.00. The van der Waals surface area contributed by atoms with Crippen LogP contribution in [0.25, 0.3) is 0 Å². The lowest BCUT2D eigenvalue weighted by Crippen LogP contribution is -2.05. The Morgan fingerprint density at radius 3 is 1.82 bits per heavy atom. The first-order chi connectivity index (χ1) is 4.92. The lowest BCUT2D eigenvalue weighted by molar-refractivity contribution is 0.240. The van der Waals surface area contributed by atoms with E-state index in [2.05, 4.69) is 4.95 Å². The van der Waals surface area contributed by atoms with Gasteiger partial charge in [-0.25, -0.2) is 0 Å². The predicted octanol–water partition coefficient (Wildman–Crippen LogP) is 2.78. The lowest BCUT2D eigenvalue weighted by atomic mass is 10.5. The van der Waals surface area contributed by atoms with Crippen molar-refractivity contribution < 1.29 is 9.09 Å². The Balaban J connectivity index is 4.36. The zero-order valence-corrected chi connectivity index (χ0v) is 8.17. The highest BCUT2D eigenvalue weighted by atomic mass is 31.2. The van der Waals surface area contributed by atoms with Crippen LogP contribution >= 0.6 is 7.52 Å². The molecule has 0 aromatic heterocycles. The maximum absolute atomic E-state index is 11.4. The molecule has 0 fully saturated rings. The molecule has 0 saturated heterocycles. The van der Waals surface area contributed by atoms with Gasteiger partial charge < -0.3 is 4.52 Å². The molecule has 0 saturated carbocycles. The minimum Gasteiger partial charge on any atom is -0.307 e. The van der Waals surface area contributed by atoms with Gasteiger partial charge in [-0.15, -0.1) is 4.91 Å². The third kappa shape index (κ3) is 3.12. The van der Waals surface area contributed by atoms with Crippen LogP contribution in [0, 0.1) is 4.91 Å². The monoisotopic (exact) mass is 179 g/mol. The Bertz CT molecular complexity index is 179. The van der Waals surface area contributed by atoms with E-state index in [4.69, 9.17) is 4.52 Å². The molecule has 4 nitrogen and oxygen atoms in total. The van der Waals surface area contributed by atoms with E-state index >= 15 is 0 Å². The van der Waals surface area contributed by atoms with Gasteiger partial charge in [-0.05, 0) is 13.8 Å². The van der Waals surface area contributed by atoms with E-state index in [0.717, 1.165) is 0 Å². The van der Waals surface area contributed by atoms with E-state index in [0.29, 0.717) is 0 Å². The van der Waals surface area contributed by atoms with Crippen LogP contribution < -0.4 is 0 Å². The van der Waals surface area contributed by atoms with Crippen molar-refractivity contribution in [2.24, 2.45) is 4.95 Å². The third-order valence-corrected chi connectivity index (χ3v) is 3.38. The molecule has 0 amide bonds. The van der Waals surface area contributed by atoms with E-state index in [9.17, 15) is 9.47 Å². The van der Waals surface area contributed by atoms with Crippen LogP contribution in [0.15, 0.2) is 4.95 Å². The van der Waals surface area contributed by atoms with Crippen molar-refractivity contribution in [2.75, 3.05) is 0 Å². The quantitative estimate of drug-likeness (QED) is 0.492. The van der Waals surface area contributed by atoms with Gasteiger partial charge in [-0.1, -0.05) is 13.8 Å². The molecular formula is C6H14NO3P. The van der Waals surface area contributed by atoms with Gasteiger partial charge in [0.2, 0.25) is 0 Å². The van der Waals surface area contributed by atoms with Crippen molar-refractivity contribution in [1.82, 2.24) is 0 Å². The van der Waals surface area contributed by atoms with Crippen molar-refractivity contribution in [3.8, 4) is 0 Å². The van der Waals surface area contributed by atoms with Crippen molar-refractivity contribution in [3.63, 3.8) is 0 Å². The highest BCUT2D eigenvalue weighted by Crippen LogP contribution is 2.53. The van der Waals surface area contributed by atoms with Gasteiger partial charge in [0.15, 0.2) is 0 Å². The fourth-order valence-corrected chi connectivity index (χ4v) is 1.61. The Labute approximate surface area is 66.8 Å². The highest BCUT2D eigenvalue weighted by molar-refractivity contribution is 7.58. The second kappa shape index (κ2) is 3.98. The topological polar surface area (TPSA) is 55.7 Å². The average Bonchev–Trinajstić information content (AvgIpc) is 1.86. The third-order valence-electron chi connectivity index (χ3n) is 1.13.